The molecule has 0 aromatic heterocycles. The zero-order chi connectivity index (χ0) is 13.5. The lowest BCUT2D eigenvalue weighted by molar-refractivity contribution is -0.296. The Hall–Kier alpha value is -0.690. The molecule has 1 rings (SSSR count). The third-order valence-corrected chi connectivity index (χ3v) is 2.98. The summed E-state index contributed by atoms with van der Waals surface area (Å²) in [5.74, 6) is 0. The number of ether oxygens (including phenoxy) is 5. The van der Waals surface area contributed by atoms with Gasteiger partial charge in [-0.1, -0.05) is 6.92 Å². The van der Waals surface area contributed by atoms with Crippen molar-refractivity contribution in [3.63, 3.8) is 0 Å². The van der Waals surface area contributed by atoms with E-state index in [2.05, 4.69) is 0 Å². The number of hydrogen-bond acceptors (Lipinski definition) is 6. The number of carbonyl (C=O) groups excluding carboxylic acids is 1. The summed E-state index contributed by atoms with van der Waals surface area (Å²) in [6.07, 6.45) is -1.20. The predicted octanol–water partition coefficient (Wildman–Crippen LogP) is 0.729. The van der Waals surface area contributed by atoms with Crippen LogP contribution in [0.1, 0.15) is 20.3 Å². The van der Waals surface area contributed by atoms with Gasteiger partial charge >= 0.3 is 0 Å². The maximum atomic E-state index is 10.5. The highest BCUT2D eigenvalue weighted by Gasteiger charge is 2.46. The van der Waals surface area contributed by atoms with Crippen LogP contribution in [0.5, 0.6) is 0 Å². The minimum Gasteiger partial charge on any atom is -0.435 e. The first-order valence-corrected chi connectivity index (χ1v) is 6.11. The second-order valence-corrected chi connectivity index (χ2v) is 4.18. The second kappa shape index (κ2) is 7.68. The number of hydrogen-bond donors (Lipinski definition) is 0. The molecule has 0 saturated carbocycles. The van der Waals surface area contributed by atoms with Gasteiger partial charge in [-0.2, -0.15) is 0 Å². The van der Waals surface area contributed by atoms with Crippen LogP contribution in [0.2, 0.25) is 0 Å². The minimum atomic E-state index is -0.768. The molecular formula is C12H22O6. The van der Waals surface area contributed by atoms with Gasteiger partial charge in [0.05, 0.1) is 6.10 Å². The molecule has 0 aromatic rings. The number of methoxy groups -OCH3 is 2. The highest BCUT2D eigenvalue weighted by atomic mass is 16.7. The Morgan fingerprint density at radius 2 is 1.83 bits per heavy atom. The maximum Gasteiger partial charge on any atom is 0.295 e. The normalized spacial score (nSPS) is 36.3. The van der Waals surface area contributed by atoms with Crippen LogP contribution in [-0.2, 0) is 28.5 Å². The van der Waals surface area contributed by atoms with Crippen LogP contribution in [0.25, 0.3) is 0 Å². The van der Waals surface area contributed by atoms with Gasteiger partial charge in [-0.05, 0) is 13.3 Å². The summed E-state index contributed by atoms with van der Waals surface area (Å²) >= 11 is 0. The fraction of sp³-hybridized carbons (Fsp3) is 0.917. The van der Waals surface area contributed by atoms with Gasteiger partial charge < -0.3 is 23.7 Å². The van der Waals surface area contributed by atoms with Crippen molar-refractivity contribution in [2.24, 2.45) is 0 Å². The highest BCUT2D eigenvalue weighted by molar-refractivity contribution is 5.37. The molecule has 1 heterocycles. The molecule has 1 aliphatic heterocycles. The number of carbonyl (C=O) groups is 1. The van der Waals surface area contributed by atoms with Gasteiger partial charge in [0.1, 0.15) is 18.3 Å². The Morgan fingerprint density at radius 1 is 1.17 bits per heavy atom. The largest absolute Gasteiger partial charge is 0.435 e. The summed E-state index contributed by atoms with van der Waals surface area (Å²) in [5, 5.41) is 0. The topological polar surface area (TPSA) is 63.2 Å². The Kier molecular flexibility index (Phi) is 6.56. The van der Waals surface area contributed by atoms with E-state index in [1.54, 1.807) is 7.11 Å². The Labute approximate surface area is 107 Å². The average Bonchev–Trinajstić information content (AvgIpc) is 2.36. The fourth-order valence-corrected chi connectivity index (χ4v) is 2.15. The molecule has 1 saturated heterocycles. The Balaban J connectivity index is 2.81. The molecule has 0 aliphatic carbocycles. The molecule has 0 unspecified atom stereocenters. The van der Waals surface area contributed by atoms with Gasteiger partial charge in [0.15, 0.2) is 0 Å². The fourth-order valence-electron chi connectivity index (χ4n) is 2.15. The van der Waals surface area contributed by atoms with Crippen molar-refractivity contribution in [1.29, 1.82) is 0 Å². The molecule has 18 heavy (non-hydrogen) atoms. The summed E-state index contributed by atoms with van der Waals surface area (Å²) in [6, 6.07) is 0. The molecule has 5 atom stereocenters. The molecule has 6 nitrogen and oxygen atoms in total. The van der Waals surface area contributed by atoms with Crippen molar-refractivity contribution >= 4 is 6.47 Å². The van der Waals surface area contributed by atoms with Crippen LogP contribution in [-0.4, -0.2) is 58.0 Å². The summed E-state index contributed by atoms with van der Waals surface area (Å²) < 4.78 is 26.9. The Morgan fingerprint density at radius 3 is 2.33 bits per heavy atom. The number of rotatable bonds is 7. The molecule has 0 spiro atoms. The molecule has 1 aliphatic rings. The van der Waals surface area contributed by atoms with Crippen molar-refractivity contribution in [3.8, 4) is 0 Å². The highest BCUT2D eigenvalue weighted by Crippen LogP contribution is 2.27. The van der Waals surface area contributed by atoms with Crippen LogP contribution in [0, 0.1) is 0 Å². The van der Waals surface area contributed by atoms with E-state index in [-0.39, 0.29) is 18.3 Å². The van der Waals surface area contributed by atoms with Crippen molar-refractivity contribution < 1.29 is 28.5 Å². The van der Waals surface area contributed by atoms with Crippen LogP contribution in [0.15, 0.2) is 0 Å². The lowest BCUT2D eigenvalue weighted by Crippen LogP contribution is -2.59. The molecule has 106 valence electrons. The molecule has 0 aromatic carbocycles. The van der Waals surface area contributed by atoms with Gasteiger partial charge in [0.25, 0.3) is 6.47 Å². The third-order valence-electron chi connectivity index (χ3n) is 2.98. The van der Waals surface area contributed by atoms with Crippen molar-refractivity contribution in [3.05, 3.63) is 0 Å². The van der Waals surface area contributed by atoms with Gasteiger partial charge in [-0.3, -0.25) is 4.79 Å². The lowest BCUT2D eigenvalue weighted by Gasteiger charge is -2.43. The average molecular weight is 262 g/mol. The van der Waals surface area contributed by atoms with E-state index >= 15 is 0 Å². The van der Waals surface area contributed by atoms with Crippen LogP contribution < -0.4 is 0 Å². The standard InChI is InChI=1S/C12H22O6/c1-5-6-16-10-9(14-3)8(2)18-12(17-7-13)11(10)15-4/h7-12H,5-6H2,1-4H3/t8-,9-,10+,11+,12+/m0/s1. The summed E-state index contributed by atoms with van der Waals surface area (Å²) in [5.41, 5.74) is 0. The van der Waals surface area contributed by atoms with Gasteiger partial charge in [0.2, 0.25) is 6.29 Å². The zero-order valence-electron chi connectivity index (χ0n) is 11.3. The molecule has 0 N–H and O–H groups in total. The van der Waals surface area contributed by atoms with E-state index in [0.29, 0.717) is 13.1 Å². The van der Waals surface area contributed by atoms with E-state index in [1.807, 2.05) is 13.8 Å². The lowest BCUT2D eigenvalue weighted by atomic mass is 9.99. The van der Waals surface area contributed by atoms with Gasteiger partial charge in [-0.25, -0.2) is 0 Å². The molecule has 0 amide bonds. The SMILES string of the molecule is CCCO[C@@H]1[C@@H](OC)[C@H](C)O[C@@H](OC=O)[C@@H]1OC. The first-order chi connectivity index (χ1) is 8.69. The van der Waals surface area contributed by atoms with E-state index < -0.39 is 12.4 Å². The van der Waals surface area contributed by atoms with E-state index in [4.69, 9.17) is 23.7 Å². The third kappa shape index (κ3) is 3.41. The van der Waals surface area contributed by atoms with Crippen LogP contribution in [0.3, 0.4) is 0 Å². The van der Waals surface area contributed by atoms with E-state index in [1.165, 1.54) is 7.11 Å². The molecule has 6 heteroatoms. The minimum absolute atomic E-state index is 0.242. The van der Waals surface area contributed by atoms with E-state index in [0.717, 1.165) is 6.42 Å². The zero-order valence-corrected chi connectivity index (χ0v) is 11.3. The van der Waals surface area contributed by atoms with Crippen molar-refractivity contribution in [2.45, 2.75) is 51.0 Å². The Bertz CT molecular complexity index is 247. The molecular weight excluding hydrogens is 240 g/mol. The smallest absolute Gasteiger partial charge is 0.295 e. The van der Waals surface area contributed by atoms with Crippen LogP contribution >= 0.6 is 0 Å². The molecule has 0 radical (unpaired) electrons. The monoisotopic (exact) mass is 262 g/mol. The first kappa shape index (κ1) is 15.4. The summed E-state index contributed by atoms with van der Waals surface area (Å²) in [6.45, 7) is 4.81. The van der Waals surface area contributed by atoms with Gasteiger partial charge in [-0.15, -0.1) is 0 Å². The van der Waals surface area contributed by atoms with Crippen molar-refractivity contribution in [2.75, 3.05) is 20.8 Å². The second-order valence-electron chi connectivity index (χ2n) is 4.18. The molecule has 1 fully saturated rings. The summed E-state index contributed by atoms with van der Waals surface area (Å²) in [4.78, 5) is 10.5. The molecule has 0 bridgehead atoms. The predicted molar refractivity (Wildman–Crippen MR) is 63.1 cm³/mol. The quantitative estimate of drug-likeness (QED) is 0.630. The first-order valence-electron chi connectivity index (χ1n) is 6.11. The van der Waals surface area contributed by atoms with Crippen LogP contribution in [0.4, 0.5) is 0 Å². The van der Waals surface area contributed by atoms with Crippen molar-refractivity contribution in [1.82, 2.24) is 0 Å². The summed E-state index contributed by atoms with van der Waals surface area (Å²) in [7, 11) is 3.13. The van der Waals surface area contributed by atoms with Gasteiger partial charge in [0, 0.05) is 20.8 Å². The maximum absolute atomic E-state index is 10.5. The van der Waals surface area contributed by atoms with E-state index in [9.17, 15) is 4.79 Å².